The molecule has 1 aromatic rings. The molecule has 1 aliphatic carbocycles. The van der Waals surface area contributed by atoms with Crippen molar-refractivity contribution >= 4 is 11.9 Å². The third-order valence-electron chi connectivity index (χ3n) is 3.41. The van der Waals surface area contributed by atoms with E-state index in [1.165, 1.54) is 10.6 Å². The normalized spacial score (nSPS) is 15.8. The lowest BCUT2D eigenvalue weighted by Gasteiger charge is -2.11. The number of hydrogen-bond acceptors (Lipinski definition) is 3. The minimum absolute atomic E-state index is 0.153. The molecule has 1 aromatic heterocycles. The first-order chi connectivity index (χ1) is 9.03. The quantitative estimate of drug-likeness (QED) is 0.769. The second kappa shape index (κ2) is 5.26. The Kier molecular flexibility index (Phi) is 3.69. The van der Waals surface area contributed by atoms with Gasteiger partial charge in [-0.05, 0) is 18.9 Å². The summed E-state index contributed by atoms with van der Waals surface area (Å²) < 4.78 is 1.45. The minimum Gasteiger partial charge on any atom is -0.481 e. The minimum atomic E-state index is -0.855. The molecule has 6 heteroatoms. The number of pyridine rings is 1. The lowest BCUT2D eigenvalue weighted by Crippen LogP contribution is -2.35. The number of aryl methyl sites for hydroxylation is 1. The highest BCUT2D eigenvalue weighted by Crippen LogP contribution is 2.45. The van der Waals surface area contributed by atoms with Crippen LogP contribution in [0.3, 0.4) is 0 Å². The molecule has 1 heterocycles. The van der Waals surface area contributed by atoms with E-state index in [0.717, 1.165) is 0 Å². The van der Waals surface area contributed by atoms with Gasteiger partial charge in [0, 0.05) is 31.8 Å². The summed E-state index contributed by atoms with van der Waals surface area (Å²) >= 11 is 0. The maximum atomic E-state index is 11.6. The second-order valence-corrected chi connectivity index (χ2v) is 4.84. The molecule has 0 bridgehead atoms. The summed E-state index contributed by atoms with van der Waals surface area (Å²) in [5.41, 5.74) is -0.904. The Balaban J connectivity index is 1.78. The van der Waals surface area contributed by atoms with Crippen LogP contribution < -0.4 is 10.9 Å². The van der Waals surface area contributed by atoms with Crippen LogP contribution in [0.2, 0.25) is 0 Å². The van der Waals surface area contributed by atoms with Crippen molar-refractivity contribution in [3.05, 3.63) is 34.7 Å². The molecule has 0 atom stereocenters. The van der Waals surface area contributed by atoms with E-state index in [0.29, 0.717) is 19.4 Å². The zero-order valence-electron chi connectivity index (χ0n) is 10.5. The number of carboxylic acid groups (broad SMARTS) is 1. The van der Waals surface area contributed by atoms with Crippen molar-refractivity contribution in [2.24, 2.45) is 5.41 Å². The van der Waals surface area contributed by atoms with Gasteiger partial charge in [0.1, 0.15) is 0 Å². The maximum Gasteiger partial charge on any atom is 0.311 e. The van der Waals surface area contributed by atoms with Gasteiger partial charge in [0.25, 0.3) is 5.56 Å². The lowest BCUT2D eigenvalue weighted by atomic mass is 10.1. The van der Waals surface area contributed by atoms with Gasteiger partial charge in [-0.25, -0.2) is 0 Å². The third-order valence-corrected chi connectivity index (χ3v) is 3.41. The van der Waals surface area contributed by atoms with E-state index in [2.05, 4.69) is 5.32 Å². The first kappa shape index (κ1) is 13.3. The van der Waals surface area contributed by atoms with Crippen LogP contribution in [0.1, 0.15) is 19.3 Å². The predicted octanol–water partition coefficient (Wildman–Crippen LogP) is 0.219. The van der Waals surface area contributed by atoms with Gasteiger partial charge in [-0.15, -0.1) is 0 Å². The number of hydrogen-bond donors (Lipinski definition) is 2. The second-order valence-electron chi connectivity index (χ2n) is 4.84. The van der Waals surface area contributed by atoms with Crippen LogP contribution in [-0.2, 0) is 16.1 Å². The predicted molar refractivity (Wildman–Crippen MR) is 67.6 cm³/mol. The smallest absolute Gasteiger partial charge is 0.311 e. The first-order valence-electron chi connectivity index (χ1n) is 6.19. The van der Waals surface area contributed by atoms with Crippen molar-refractivity contribution < 1.29 is 14.7 Å². The molecule has 2 rings (SSSR count). The van der Waals surface area contributed by atoms with Gasteiger partial charge in [0.2, 0.25) is 5.91 Å². The zero-order valence-corrected chi connectivity index (χ0v) is 10.5. The highest BCUT2D eigenvalue weighted by molar-refractivity contribution is 5.80. The number of amides is 1. The summed E-state index contributed by atoms with van der Waals surface area (Å²) in [5, 5.41) is 11.6. The van der Waals surface area contributed by atoms with Gasteiger partial charge in [-0.2, -0.15) is 0 Å². The number of rotatable bonds is 6. The van der Waals surface area contributed by atoms with E-state index >= 15 is 0 Å². The molecule has 2 N–H and O–H groups in total. The molecule has 1 amide bonds. The van der Waals surface area contributed by atoms with Gasteiger partial charge in [0.15, 0.2) is 0 Å². The molecule has 1 fully saturated rings. The molecule has 0 spiro atoms. The third kappa shape index (κ3) is 3.21. The fraction of sp³-hybridized carbons (Fsp3) is 0.462. The molecule has 0 aromatic carbocycles. The number of carbonyl (C=O) groups excluding carboxylic acids is 1. The average molecular weight is 264 g/mol. The maximum absolute atomic E-state index is 11.6. The summed E-state index contributed by atoms with van der Waals surface area (Å²) in [6.07, 6.45) is 3.01. The highest BCUT2D eigenvalue weighted by Gasteiger charge is 2.50. The van der Waals surface area contributed by atoms with Gasteiger partial charge in [-0.3, -0.25) is 14.4 Å². The van der Waals surface area contributed by atoms with Crippen molar-refractivity contribution in [3.8, 4) is 0 Å². The standard InChI is InChI=1S/C13H16N2O4/c16-10(14-9-13(5-6-13)12(18)19)4-8-15-7-2-1-3-11(15)17/h1-3,7H,4-6,8-9H2,(H,14,16)(H,18,19). The van der Waals surface area contributed by atoms with Crippen LogP contribution in [0.4, 0.5) is 0 Å². The molecule has 0 aliphatic heterocycles. The number of nitrogens with one attached hydrogen (secondary N) is 1. The molecular weight excluding hydrogens is 248 g/mol. The Bertz CT molecular complexity index is 546. The molecule has 0 saturated heterocycles. The number of aromatic nitrogens is 1. The van der Waals surface area contributed by atoms with E-state index in [-0.39, 0.29) is 24.4 Å². The van der Waals surface area contributed by atoms with Crippen LogP contribution in [0.15, 0.2) is 29.2 Å². The fourth-order valence-corrected chi connectivity index (χ4v) is 1.84. The van der Waals surface area contributed by atoms with Gasteiger partial charge in [-0.1, -0.05) is 6.07 Å². The molecule has 19 heavy (non-hydrogen) atoms. The number of nitrogens with zero attached hydrogens (tertiary/aromatic N) is 1. The van der Waals surface area contributed by atoms with Crippen molar-refractivity contribution in [2.75, 3.05) is 6.54 Å². The summed E-state index contributed by atoms with van der Waals surface area (Å²) in [7, 11) is 0. The summed E-state index contributed by atoms with van der Waals surface area (Å²) in [4.78, 5) is 33.9. The van der Waals surface area contributed by atoms with Gasteiger partial charge >= 0.3 is 5.97 Å². The molecule has 0 unspecified atom stereocenters. The van der Waals surface area contributed by atoms with Crippen LogP contribution in [0, 0.1) is 5.41 Å². The Morgan fingerprint density at radius 3 is 2.68 bits per heavy atom. The Hall–Kier alpha value is -2.11. The highest BCUT2D eigenvalue weighted by atomic mass is 16.4. The van der Waals surface area contributed by atoms with Crippen LogP contribution in [-0.4, -0.2) is 28.1 Å². The fourth-order valence-electron chi connectivity index (χ4n) is 1.84. The summed E-state index contributed by atoms with van der Waals surface area (Å²) in [5.74, 6) is -1.09. The molecule has 102 valence electrons. The van der Waals surface area contributed by atoms with E-state index in [1.807, 2.05) is 0 Å². The summed E-state index contributed by atoms with van der Waals surface area (Å²) in [6.45, 7) is 0.469. The Labute approximate surface area is 110 Å². The monoisotopic (exact) mass is 264 g/mol. The van der Waals surface area contributed by atoms with Gasteiger partial charge in [0.05, 0.1) is 5.41 Å². The Morgan fingerprint density at radius 2 is 2.11 bits per heavy atom. The van der Waals surface area contributed by atoms with Crippen molar-refractivity contribution in [1.29, 1.82) is 0 Å². The topological polar surface area (TPSA) is 88.4 Å². The average Bonchev–Trinajstić information content (AvgIpc) is 3.16. The van der Waals surface area contributed by atoms with E-state index in [9.17, 15) is 14.4 Å². The lowest BCUT2D eigenvalue weighted by molar-refractivity contribution is -0.143. The van der Waals surface area contributed by atoms with Crippen molar-refractivity contribution in [2.45, 2.75) is 25.8 Å². The SMILES string of the molecule is O=C(CCn1ccccc1=O)NCC1(C(=O)O)CC1. The molecule has 1 aliphatic rings. The van der Waals surface area contributed by atoms with Crippen LogP contribution in [0.25, 0.3) is 0 Å². The number of carbonyl (C=O) groups is 2. The first-order valence-corrected chi connectivity index (χ1v) is 6.19. The Morgan fingerprint density at radius 1 is 1.37 bits per heavy atom. The van der Waals surface area contributed by atoms with E-state index < -0.39 is 11.4 Å². The van der Waals surface area contributed by atoms with E-state index in [4.69, 9.17) is 5.11 Å². The van der Waals surface area contributed by atoms with Crippen LogP contribution >= 0.6 is 0 Å². The molecule has 0 radical (unpaired) electrons. The largest absolute Gasteiger partial charge is 0.481 e. The van der Waals surface area contributed by atoms with Gasteiger partial charge < -0.3 is 15.0 Å². The molecule has 1 saturated carbocycles. The van der Waals surface area contributed by atoms with Crippen molar-refractivity contribution in [3.63, 3.8) is 0 Å². The number of carboxylic acids is 1. The van der Waals surface area contributed by atoms with Crippen molar-refractivity contribution in [1.82, 2.24) is 9.88 Å². The van der Waals surface area contributed by atoms with E-state index in [1.54, 1.807) is 18.3 Å². The van der Waals surface area contributed by atoms with Crippen LogP contribution in [0.5, 0.6) is 0 Å². The molecule has 6 nitrogen and oxygen atoms in total. The molecular formula is C13H16N2O4. The zero-order chi connectivity index (χ0) is 13.9. The number of aliphatic carboxylic acids is 1. The summed E-state index contributed by atoms with van der Waals surface area (Å²) in [6, 6.07) is 4.80.